The lowest BCUT2D eigenvalue weighted by Crippen LogP contribution is -2.22. The standard InChI is InChI=1S/C24H22N2O4/c1-15-21-19(9-6-10-20(21)30-22(15)24(28)29-2)25-26-23(27)18-13-11-17(12-14-18)16-7-4-3-5-8-16/h3-5,7-8,11-14H,6,9-10H2,1-2H3,(H,26,27)/b25-19+. The predicted molar refractivity (Wildman–Crippen MR) is 114 cm³/mol. The van der Waals surface area contributed by atoms with Gasteiger partial charge < -0.3 is 9.15 Å². The predicted octanol–water partition coefficient (Wildman–Crippen LogP) is 4.51. The first-order valence-corrected chi connectivity index (χ1v) is 9.82. The lowest BCUT2D eigenvalue weighted by Gasteiger charge is -2.13. The highest BCUT2D eigenvalue weighted by Crippen LogP contribution is 2.30. The number of rotatable bonds is 4. The molecule has 0 atom stereocenters. The number of hydrogen-bond acceptors (Lipinski definition) is 5. The third kappa shape index (κ3) is 3.76. The molecule has 0 unspecified atom stereocenters. The summed E-state index contributed by atoms with van der Waals surface area (Å²) in [5.74, 6) is 0.103. The highest BCUT2D eigenvalue weighted by molar-refractivity contribution is 6.06. The second-order valence-electron chi connectivity index (χ2n) is 7.14. The van der Waals surface area contributed by atoms with Gasteiger partial charge in [-0.25, -0.2) is 10.2 Å². The van der Waals surface area contributed by atoms with Crippen LogP contribution < -0.4 is 5.43 Å². The van der Waals surface area contributed by atoms with E-state index in [1.807, 2.05) is 42.5 Å². The Kier molecular flexibility index (Phi) is 5.48. The second kappa shape index (κ2) is 8.37. The van der Waals surface area contributed by atoms with Crippen molar-refractivity contribution in [2.75, 3.05) is 7.11 Å². The number of furan rings is 1. The number of aryl methyl sites for hydroxylation is 1. The molecule has 0 saturated carbocycles. The normalized spacial score (nSPS) is 14.3. The van der Waals surface area contributed by atoms with Crippen LogP contribution in [0.4, 0.5) is 0 Å². The number of nitrogens with zero attached hydrogens (tertiary/aromatic N) is 1. The van der Waals surface area contributed by atoms with E-state index in [0.29, 0.717) is 29.0 Å². The van der Waals surface area contributed by atoms with Gasteiger partial charge in [-0.15, -0.1) is 0 Å². The molecule has 1 amide bonds. The summed E-state index contributed by atoms with van der Waals surface area (Å²) in [5.41, 5.74) is 7.49. The molecule has 1 aliphatic carbocycles. The van der Waals surface area contributed by atoms with E-state index in [0.717, 1.165) is 29.5 Å². The molecule has 1 N–H and O–H groups in total. The van der Waals surface area contributed by atoms with Crippen LogP contribution in [0.5, 0.6) is 0 Å². The van der Waals surface area contributed by atoms with Gasteiger partial charge in [-0.3, -0.25) is 4.79 Å². The Morgan fingerprint density at radius 1 is 1.00 bits per heavy atom. The summed E-state index contributed by atoms with van der Waals surface area (Å²) in [7, 11) is 1.32. The van der Waals surface area contributed by atoms with E-state index >= 15 is 0 Å². The molecule has 2 aromatic carbocycles. The van der Waals surface area contributed by atoms with E-state index in [4.69, 9.17) is 9.15 Å². The summed E-state index contributed by atoms with van der Waals surface area (Å²) in [6, 6.07) is 17.4. The van der Waals surface area contributed by atoms with E-state index < -0.39 is 5.97 Å². The number of methoxy groups -OCH3 is 1. The molecule has 1 heterocycles. The topological polar surface area (TPSA) is 80.9 Å². The van der Waals surface area contributed by atoms with Gasteiger partial charge in [0.1, 0.15) is 5.76 Å². The lowest BCUT2D eigenvalue weighted by molar-refractivity contribution is 0.0561. The summed E-state index contributed by atoms with van der Waals surface area (Å²) >= 11 is 0. The third-order valence-electron chi connectivity index (χ3n) is 5.24. The maximum Gasteiger partial charge on any atom is 0.374 e. The molecular weight excluding hydrogens is 380 g/mol. The second-order valence-corrected chi connectivity index (χ2v) is 7.14. The minimum Gasteiger partial charge on any atom is -0.463 e. The molecule has 0 saturated heterocycles. The minimum absolute atomic E-state index is 0.194. The zero-order valence-corrected chi connectivity index (χ0v) is 16.9. The number of hydrogen-bond donors (Lipinski definition) is 1. The molecule has 0 bridgehead atoms. The van der Waals surface area contributed by atoms with Crippen LogP contribution in [0.3, 0.4) is 0 Å². The van der Waals surface area contributed by atoms with Crippen molar-refractivity contribution in [1.29, 1.82) is 0 Å². The molecule has 30 heavy (non-hydrogen) atoms. The van der Waals surface area contributed by atoms with Crippen LogP contribution >= 0.6 is 0 Å². The fourth-order valence-corrected chi connectivity index (χ4v) is 3.69. The van der Waals surface area contributed by atoms with Crippen LogP contribution in [-0.4, -0.2) is 24.7 Å². The molecule has 4 rings (SSSR count). The first-order chi connectivity index (χ1) is 14.6. The van der Waals surface area contributed by atoms with Gasteiger partial charge >= 0.3 is 5.97 Å². The number of benzene rings is 2. The van der Waals surface area contributed by atoms with Crippen molar-refractivity contribution in [2.45, 2.75) is 26.2 Å². The molecule has 3 aromatic rings. The summed E-state index contributed by atoms with van der Waals surface area (Å²) < 4.78 is 10.5. The van der Waals surface area contributed by atoms with Gasteiger partial charge in [0.2, 0.25) is 5.76 Å². The molecule has 0 radical (unpaired) electrons. The van der Waals surface area contributed by atoms with Crippen LogP contribution in [0, 0.1) is 6.92 Å². The largest absolute Gasteiger partial charge is 0.463 e. The van der Waals surface area contributed by atoms with E-state index in [1.165, 1.54) is 7.11 Å². The Hall–Kier alpha value is -3.67. The number of esters is 1. The first-order valence-electron chi connectivity index (χ1n) is 9.82. The van der Waals surface area contributed by atoms with Crippen LogP contribution in [0.2, 0.25) is 0 Å². The Balaban J connectivity index is 1.53. The average Bonchev–Trinajstić information content (AvgIpc) is 3.14. The minimum atomic E-state index is -0.510. The van der Waals surface area contributed by atoms with Crippen molar-refractivity contribution in [3.05, 3.63) is 82.8 Å². The molecule has 1 aliphatic rings. The van der Waals surface area contributed by atoms with Gasteiger partial charge in [0.25, 0.3) is 5.91 Å². The Morgan fingerprint density at radius 2 is 1.70 bits per heavy atom. The summed E-state index contributed by atoms with van der Waals surface area (Å²) in [6.07, 6.45) is 2.25. The summed E-state index contributed by atoms with van der Waals surface area (Å²) in [4.78, 5) is 24.5. The Morgan fingerprint density at radius 3 is 2.40 bits per heavy atom. The summed E-state index contributed by atoms with van der Waals surface area (Å²) in [5, 5.41) is 4.35. The van der Waals surface area contributed by atoms with Crippen molar-refractivity contribution in [1.82, 2.24) is 5.43 Å². The van der Waals surface area contributed by atoms with Crippen molar-refractivity contribution in [3.63, 3.8) is 0 Å². The molecule has 152 valence electrons. The molecule has 0 spiro atoms. The van der Waals surface area contributed by atoms with Gasteiger partial charge in [-0.05, 0) is 43.0 Å². The van der Waals surface area contributed by atoms with Crippen LogP contribution in [0.25, 0.3) is 11.1 Å². The quantitative estimate of drug-likeness (QED) is 0.514. The zero-order valence-electron chi connectivity index (χ0n) is 16.9. The van der Waals surface area contributed by atoms with Gasteiger partial charge in [0.05, 0.1) is 12.8 Å². The number of carbonyl (C=O) groups is 2. The highest BCUT2D eigenvalue weighted by atomic mass is 16.5. The molecule has 6 nitrogen and oxygen atoms in total. The monoisotopic (exact) mass is 402 g/mol. The third-order valence-corrected chi connectivity index (χ3v) is 5.24. The molecule has 1 aromatic heterocycles. The summed E-state index contributed by atoms with van der Waals surface area (Å²) in [6.45, 7) is 1.81. The lowest BCUT2D eigenvalue weighted by atomic mass is 9.93. The number of nitrogens with one attached hydrogen (secondary N) is 1. The molecule has 0 aliphatic heterocycles. The van der Waals surface area contributed by atoms with Crippen LogP contribution in [0.1, 0.15) is 50.6 Å². The zero-order chi connectivity index (χ0) is 21.1. The van der Waals surface area contributed by atoms with E-state index in [-0.39, 0.29) is 11.7 Å². The van der Waals surface area contributed by atoms with Crippen LogP contribution in [-0.2, 0) is 11.2 Å². The number of ether oxygens (including phenoxy) is 1. The van der Waals surface area contributed by atoms with Crippen LogP contribution in [0.15, 0.2) is 64.1 Å². The van der Waals surface area contributed by atoms with Gasteiger partial charge in [0, 0.05) is 23.1 Å². The van der Waals surface area contributed by atoms with E-state index in [9.17, 15) is 9.59 Å². The molecule has 6 heteroatoms. The molecule has 0 fully saturated rings. The van der Waals surface area contributed by atoms with Crippen molar-refractivity contribution >= 4 is 17.6 Å². The fourth-order valence-electron chi connectivity index (χ4n) is 3.69. The maximum absolute atomic E-state index is 12.6. The van der Waals surface area contributed by atoms with Crippen molar-refractivity contribution in [3.8, 4) is 11.1 Å². The number of carbonyl (C=O) groups excluding carboxylic acids is 2. The van der Waals surface area contributed by atoms with Gasteiger partial charge in [-0.1, -0.05) is 42.5 Å². The number of hydrazone groups is 1. The smallest absolute Gasteiger partial charge is 0.374 e. The fraction of sp³-hybridized carbons (Fsp3) is 0.208. The Bertz CT molecular complexity index is 1110. The highest BCUT2D eigenvalue weighted by Gasteiger charge is 2.28. The maximum atomic E-state index is 12.6. The van der Waals surface area contributed by atoms with Crippen molar-refractivity contribution < 1.29 is 18.7 Å². The van der Waals surface area contributed by atoms with Gasteiger partial charge in [0.15, 0.2) is 0 Å². The Labute approximate surface area is 174 Å². The van der Waals surface area contributed by atoms with Gasteiger partial charge in [-0.2, -0.15) is 5.10 Å². The molecular formula is C24H22N2O4. The van der Waals surface area contributed by atoms with E-state index in [1.54, 1.807) is 19.1 Å². The average molecular weight is 402 g/mol. The van der Waals surface area contributed by atoms with E-state index in [2.05, 4.69) is 10.5 Å². The number of amides is 1. The number of fused-ring (bicyclic) bond motifs is 1. The SMILES string of the molecule is COC(=O)c1oc2c(c1C)/C(=N/NC(=O)c1ccc(-c3ccccc3)cc1)CCC2. The first kappa shape index (κ1) is 19.6. The van der Waals surface area contributed by atoms with Crippen molar-refractivity contribution in [2.24, 2.45) is 5.10 Å².